The third-order valence-corrected chi connectivity index (χ3v) is 3.11. The van der Waals surface area contributed by atoms with Gasteiger partial charge in [-0.3, -0.25) is 4.90 Å². The van der Waals surface area contributed by atoms with Crippen molar-refractivity contribution in [3.8, 4) is 0 Å². The minimum Gasteiger partial charge on any atom is -0.351 e. The Morgan fingerprint density at radius 2 is 2.36 bits per heavy atom. The zero-order chi connectivity index (χ0) is 10.1. The number of rotatable bonds is 1. The molecule has 74 valence electrons. The molecule has 4 heteroatoms. The number of anilines is 1. The monoisotopic (exact) mass is 254 g/mol. The first kappa shape index (κ1) is 9.52. The van der Waals surface area contributed by atoms with Crippen LogP contribution in [-0.4, -0.2) is 12.6 Å². The van der Waals surface area contributed by atoms with Gasteiger partial charge in [-0.1, -0.05) is 28.1 Å². The lowest BCUT2D eigenvalue weighted by Gasteiger charge is -2.13. The number of carbonyl (C=O) groups is 1. The summed E-state index contributed by atoms with van der Waals surface area (Å²) in [5.74, 6) is 0. The molecule has 0 radical (unpaired) electrons. The SMILES string of the molecule is NC(=O)N1CCc2cc(CBr)ccc21. The third kappa shape index (κ3) is 1.50. The maximum atomic E-state index is 11.1. The molecule has 14 heavy (non-hydrogen) atoms. The molecule has 3 nitrogen and oxygen atoms in total. The number of nitrogens with zero attached hydrogens (tertiary/aromatic N) is 1. The first-order valence-electron chi connectivity index (χ1n) is 4.47. The molecule has 0 unspecified atom stereocenters. The van der Waals surface area contributed by atoms with Gasteiger partial charge in [-0.2, -0.15) is 0 Å². The van der Waals surface area contributed by atoms with E-state index in [1.165, 1.54) is 11.1 Å². The van der Waals surface area contributed by atoms with Crippen molar-refractivity contribution in [1.29, 1.82) is 0 Å². The fraction of sp³-hybridized carbons (Fsp3) is 0.300. The minimum atomic E-state index is -0.365. The van der Waals surface area contributed by atoms with Crippen molar-refractivity contribution >= 4 is 27.6 Å². The summed E-state index contributed by atoms with van der Waals surface area (Å²) in [5.41, 5.74) is 8.66. The van der Waals surface area contributed by atoms with Crippen molar-refractivity contribution in [1.82, 2.24) is 0 Å². The van der Waals surface area contributed by atoms with E-state index >= 15 is 0 Å². The van der Waals surface area contributed by atoms with E-state index in [1.807, 2.05) is 12.1 Å². The Balaban J connectivity index is 2.38. The fourth-order valence-electron chi connectivity index (χ4n) is 1.77. The van der Waals surface area contributed by atoms with Crippen LogP contribution in [0.25, 0.3) is 0 Å². The molecule has 2 N–H and O–H groups in total. The standard InChI is InChI=1S/C10H11BrN2O/c11-6-7-1-2-9-8(5-7)3-4-13(9)10(12)14/h1-2,5H,3-4,6H2,(H2,12,14). The average Bonchev–Trinajstić information content (AvgIpc) is 2.59. The summed E-state index contributed by atoms with van der Waals surface area (Å²) < 4.78 is 0. The van der Waals surface area contributed by atoms with Gasteiger partial charge in [0.05, 0.1) is 0 Å². The molecule has 1 aliphatic rings. The molecular weight excluding hydrogens is 244 g/mol. The van der Waals surface area contributed by atoms with Crippen LogP contribution in [0, 0.1) is 0 Å². The van der Waals surface area contributed by atoms with E-state index in [-0.39, 0.29) is 6.03 Å². The molecule has 1 aromatic carbocycles. The van der Waals surface area contributed by atoms with E-state index < -0.39 is 0 Å². The first-order chi connectivity index (χ1) is 6.72. The Kier molecular flexibility index (Phi) is 2.46. The van der Waals surface area contributed by atoms with Gasteiger partial charge < -0.3 is 5.73 Å². The smallest absolute Gasteiger partial charge is 0.319 e. The summed E-state index contributed by atoms with van der Waals surface area (Å²) in [7, 11) is 0. The van der Waals surface area contributed by atoms with E-state index in [4.69, 9.17) is 5.73 Å². The largest absolute Gasteiger partial charge is 0.351 e. The topological polar surface area (TPSA) is 46.3 Å². The maximum Gasteiger partial charge on any atom is 0.319 e. The van der Waals surface area contributed by atoms with Crippen LogP contribution in [0.15, 0.2) is 18.2 Å². The van der Waals surface area contributed by atoms with Crippen LogP contribution in [0.1, 0.15) is 11.1 Å². The van der Waals surface area contributed by atoms with Gasteiger partial charge in [-0.05, 0) is 23.6 Å². The molecule has 2 rings (SSSR count). The minimum absolute atomic E-state index is 0.365. The van der Waals surface area contributed by atoms with Crippen molar-refractivity contribution in [2.45, 2.75) is 11.8 Å². The van der Waals surface area contributed by atoms with Crippen LogP contribution in [0.4, 0.5) is 10.5 Å². The summed E-state index contributed by atoms with van der Waals surface area (Å²) >= 11 is 3.40. The van der Waals surface area contributed by atoms with Crippen molar-refractivity contribution in [2.24, 2.45) is 5.73 Å². The molecule has 2 amide bonds. The van der Waals surface area contributed by atoms with Crippen LogP contribution >= 0.6 is 15.9 Å². The summed E-state index contributed by atoms with van der Waals surface area (Å²) in [6, 6.07) is 5.72. The Morgan fingerprint density at radius 3 is 3.00 bits per heavy atom. The van der Waals surface area contributed by atoms with Crippen molar-refractivity contribution in [3.63, 3.8) is 0 Å². The van der Waals surface area contributed by atoms with Gasteiger partial charge in [-0.15, -0.1) is 0 Å². The molecule has 0 atom stereocenters. The Morgan fingerprint density at radius 1 is 1.57 bits per heavy atom. The van der Waals surface area contributed by atoms with E-state index in [1.54, 1.807) is 4.90 Å². The average molecular weight is 255 g/mol. The number of fused-ring (bicyclic) bond motifs is 1. The van der Waals surface area contributed by atoms with Crippen molar-refractivity contribution in [2.75, 3.05) is 11.4 Å². The van der Waals surface area contributed by atoms with Gasteiger partial charge in [0.2, 0.25) is 0 Å². The molecule has 0 aliphatic carbocycles. The molecule has 0 saturated carbocycles. The van der Waals surface area contributed by atoms with Crippen LogP contribution in [0.3, 0.4) is 0 Å². The lowest BCUT2D eigenvalue weighted by molar-refractivity contribution is 0.254. The van der Waals surface area contributed by atoms with Crippen LogP contribution in [0.5, 0.6) is 0 Å². The Labute approximate surface area is 91.0 Å². The number of benzene rings is 1. The number of nitrogens with two attached hydrogens (primary N) is 1. The number of halogens is 1. The van der Waals surface area contributed by atoms with Crippen molar-refractivity contribution in [3.05, 3.63) is 29.3 Å². The lowest BCUT2D eigenvalue weighted by Crippen LogP contribution is -2.33. The second-order valence-electron chi connectivity index (χ2n) is 3.34. The number of alkyl halides is 1. The van der Waals surface area contributed by atoms with Crippen LogP contribution in [-0.2, 0) is 11.8 Å². The number of primary amides is 1. The number of hydrogen-bond acceptors (Lipinski definition) is 1. The quantitative estimate of drug-likeness (QED) is 0.767. The highest BCUT2D eigenvalue weighted by Gasteiger charge is 2.22. The molecule has 0 spiro atoms. The van der Waals surface area contributed by atoms with E-state index in [0.29, 0.717) is 6.54 Å². The number of hydrogen-bond donors (Lipinski definition) is 1. The second-order valence-corrected chi connectivity index (χ2v) is 3.90. The fourth-order valence-corrected chi connectivity index (χ4v) is 2.12. The zero-order valence-corrected chi connectivity index (χ0v) is 9.25. The number of urea groups is 1. The highest BCUT2D eigenvalue weighted by Crippen LogP contribution is 2.28. The summed E-state index contributed by atoms with van der Waals surface area (Å²) in [6.45, 7) is 0.705. The molecule has 1 aromatic rings. The van der Waals surface area contributed by atoms with Gasteiger partial charge in [-0.25, -0.2) is 4.79 Å². The van der Waals surface area contributed by atoms with Gasteiger partial charge >= 0.3 is 6.03 Å². The lowest BCUT2D eigenvalue weighted by atomic mass is 10.1. The third-order valence-electron chi connectivity index (χ3n) is 2.46. The van der Waals surface area contributed by atoms with Gasteiger partial charge in [0, 0.05) is 17.6 Å². The molecule has 0 saturated heterocycles. The molecule has 1 heterocycles. The van der Waals surface area contributed by atoms with E-state index in [0.717, 1.165) is 17.4 Å². The number of amides is 2. The predicted molar refractivity (Wildman–Crippen MR) is 59.7 cm³/mol. The molecule has 0 bridgehead atoms. The van der Waals surface area contributed by atoms with Gasteiger partial charge in [0.15, 0.2) is 0 Å². The van der Waals surface area contributed by atoms with Crippen molar-refractivity contribution < 1.29 is 4.79 Å². The van der Waals surface area contributed by atoms with Gasteiger partial charge in [0.1, 0.15) is 0 Å². The van der Waals surface area contributed by atoms with E-state index in [9.17, 15) is 4.79 Å². The second kappa shape index (κ2) is 3.61. The normalized spacial score (nSPS) is 14.2. The Bertz CT molecular complexity index is 378. The summed E-state index contributed by atoms with van der Waals surface area (Å²) in [4.78, 5) is 12.7. The van der Waals surface area contributed by atoms with Gasteiger partial charge in [0.25, 0.3) is 0 Å². The highest BCUT2D eigenvalue weighted by molar-refractivity contribution is 9.08. The van der Waals surface area contributed by atoms with Crippen LogP contribution < -0.4 is 10.6 Å². The van der Waals surface area contributed by atoms with Crippen LogP contribution in [0.2, 0.25) is 0 Å². The maximum absolute atomic E-state index is 11.1. The van der Waals surface area contributed by atoms with E-state index in [2.05, 4.69) is 22.0 Å². The first-order valence-corrected chi connectivity index (χ1v) is 5.59. The molecule has 0 fully saturated rings. The predicted octanol–water partition coefficient (Wildman–Crippen LogP) is 2.02. The zero-order valence-electron chi connectivity index (χ0n) is 7.66. The molecule has 0 aromatic heterocycles. The number of carbonyl (C=O) groups excluding carboxylic acids is 1. The highest BCUT2D eigenvalue weighted by atomic mass is 79.9. The summed E-state index contributed by atoms with van der Waals surface area (Å²) in [5, 5.41) is 0.844. The molecular formula is C10H11BrN2O. The molecule has 1 aliphatic heterocycles. The Hall–Kier alpha value is -1.03. The summed E-state index contributed by atoms with van der Waals surface area (Å²) in [6.07, 6.45) is 0.902.